The molecular weight excluding hydrogens is 418 g/mol. The SMILES string of the molecule is CC1(O)C(=O)N(c2cncc(Cc3n[nH]c(=O)c4cc(F)ccc34)c2)c2ccc(F)cc21. The van der Waals surface area contributed by atoms with E-state index in [-0.39, 0.29) is 17.4 Å². The second-order valence-electron chi connectivity index (χ2n) is 7.79. The van der Waals surface area contributed by atoms with Gasteiger partial charge in [0.1, 0.15) is 11.6 Å². The fourth-order valence-electron chi connectivity index (χ4n) is 4.01. The Kier molecular flexibility index (Phi) is 4.38. The number of rotatable bonds is 3. The number of hydrogen-bond donors (Lipinski definition) is 2. The first kappa shape index (κ1) is 20.0. The van der Waals surface area contributed by atoms with Crippen LogP contribution in [0.4, 0.5) is 20.2 Å². The Hall–Kier alpha value is -3.98. The third kappa shape index (κ3) is 3.05. The molecule has 5 rings (SSSR count). The predicted octanol–water partition coefficient (Wildman–Crippen LogP) is 3.07. The number of H-pyrrole nitrogens is 1. The van der Waals surface area contributed by atoms with Crippen LogP contribution in [0.5, 0.6) is 0 Å². The maximum absolute atomic E-state index is 13.7. The van der Waals surface area contributed by atoms with Crippen LogP contribution in [-0.2, 0) is 16.8 Å². The maximum atomic E-state index is 13.7. The molecule has 0 saturated carbocycles. The molecule has 1 atom stereocenters. The molecule has 0 aliphatic carbocycles. The summed E-state index contributed by atoms with van der Waals surface area (Å²) in [5, 5.41) is 17.8. The Morgan fingerprint density at radius 2 is 1.78 bits per heavy atom. The third-order valence-corrected chi connectivity index (χ3v) is 5.58. The lowest BCUT2D eigenvalue weighted by Crippen LogP contribution is -2.35. The van der Waals surface area contributed by atoms with E-state index in [1.807, 2.05) is 0 Å². The quantitative estimate of drug-likeness (QED) is 0.516. The Morgan fingerprint density at radius 1 is 1.03 bits per heavy atom. The van der Waals surface area contributed by atoms with Crippen molar-refractivity contribution in [3.63, 3.8) is 0 Å². The van der Waals surface area contributed by atoms with Crippen LogP contribution in [0.1, 0.15) is 23.7 Å². The zero-order chi connectivity index (χ0) is 22.6. The van der Waals surface area contributed by atoms with Gasteiger partial charge in [-0.05, 0) is 55.0 Å². The van der Waals surface area contributed by atoms with Gasteiger partial charge in [0.05, 0.1) is 28.7 Å². The molecule has 32 heavy (non-hydrogen) atoms. The lowest BCUT2D eigenvalue weighted by atomic mass is 9.98. The Balaban J connectivity index is 1.56. The van der Waals surface area contributed by atoms with Crippen molar-refractivity contribution in [2.75, 3.05) is 4.90 Å². The van der Waals surface area contributed by atoms with Crippen LogP contribution in [0.2, 0.25) is 0 Å². The topological polar surface area (TPSA) is 99.2 Å². The van der Waals surface area contributed by atoms with E-state index < -0.39 is 28.7 Å². The van der Waals surface area contributed by atoms with Crippen molar-refractivity contribution in [1.82, 2.24) is 15.2 Å². The molecule has 9 heteroatoms. The molecule has 4 aromatic rings. The Labute approximate surface area is 180 Å². The predicted molar refractivity (Wildman–Crippen MR) is 112 cm³/mol. The number of anilines is 2. The van der Waals surface area contributed by atoms with E-state index >= 15 is 0 Å². The minimum absolute atomic E-state index is 0.170. The van der Waals surface area contributed by atoms with E-state index in [9.17, 15) is 23.5 Å². The van der Waals surface area contributed by atoms with Gasteiger partial charge in [-0.25, -0.2) is 13.9 Å². The highest BCUT2D eigenvalue weighted by atomic mass is 19.1. The molecule has 0 fully saturated rings. The number of hydrogen-bond acceptors (Lipinski definition) is 5. The van der Waals surface area contributed by atoms with Crippen LogP contribution in [0.25, 0.3) is 10.8 Å². The second kappa shape index (κ2) is 7.03. The van der Waals surface area contributed by atoms with Crippen molar-refractivity contribution in [3.8, 4) is 0 Å². The van der Waals surface area contributed by atoms with E-state index in [0.717, 1.165) is 12.1 Å². The molecular formula is C23H16F2N4O3. The molecule has 1 aliphatic heterocycles. The van der Waals surface area contributed by atoms with Gasteiger partial charge in [0.2, 0.25) is 0 Å². The summed E-state index contributed by atoms with van der Waals surface area (Å²) in [6.45, 7) is 1.32. The van der Waals surface area contributed by atoms with E-state index in [0.29, 0.717) is 28.0 Å². The van der Waals surface area contributed by atoms with Crippen LogP contribution in [0.15, 0.2) is 59.7 Å². The van der Waals surface area contributed by atoms with Crippen molar-refractivity contribution in [1.29, 1.82) is 0 Å². The van der Waals surface area contributed by atoms with Crippen molar-refractivity contribution in [2.45, 2.75) is 18.9 Å². The minimum Gasteiger partial charge on any atom is -0.375 e. The van der Waals surface area contributed by atoms with Crippen molar-refractivity contribution < 1.29 is 18.7 Å². The summed E-state index contributed by atoms with van der Waals surface area (Å²) in [6.07, 6.45) is 3.29. The number of nitrogens with zero attached hydrogens (tertiary/aromatic N) is 3. The number of aliphatic hydroxyl groups is 1. The smallest absolute Gasteiger partial charge is 0.272 e. The molecule has 160 valence electrons. The number of carbonyl (C=O) groups excluding carboxylic acids is 1. The summed E-state index contributed by atoms with van der Waals surface area (Å²) in [5.74, 6) is -1.71. The van der Waals surface area contributed by atoms with Crippen molar-refractivity contribution >= 4 is 28.1 Å². The number of nitrogens with one attached hydrogen (secondary N) is 1. The van der Waals surface area contributed by atoms with Crippen LogP contribution in [0.3, 0.4) is 0 Å². The van der Waals surface area contributed by atoms with Crippen molar-refractivity contribution in [2.24, 2.45) is 0 Å². The largest absolute Gasteiger partial charge is 0.375 e. The molecule has 2 N–H and O–H groups in total. The maximum Gasteiger partial charge on any atom is 0.272 e. The molecule has 0 bridgehead atoms. The molecule has 3 heterocycles. The average molecular weight is 434 g/mol. The summed E-state index contributed by atoms with van der Waals surface area (Å²) >= 11 is 0. The fourth-order valence-corrected chi connectivity index (χ4v) is 4.01. The summed E-state index contributed by atoms with van der Waals surface area (Å²) in [7, 11) is 0. The van der Waals surface area contributed by atoms with Gasteiger partial charge in [-0.15, -0.1) is 0 Å². The zero-order valence-electron chi connectivity index (χ0n) is 16.8. The van der Waals surface area contributed by atoms with Gasteiger partial charge >= 0.3 is 0 Å². The van der Waals surface area contributed by atoms with E-state index in [1.165, 1.54) is 42.3 Å². The lowest BCUT2D eigenvalue weighted by molar-refractivity contribution is -0.133. The Morgan fingerprint density at radius 3 is 2.59 bits per heavy atom. The highest BCUT2D eigenvalue weighted by molar-refractivity contribution is 6.11. The molecule has 0 saturated heterocycles. The monoisotopic (exact) mass is 434 g/mol. The molecule has 2 aromatic heterocycles. The van der Waals surface area contributed by atoms with Crippen LogP contribution >= 0.6 is 0 Å². The number of aromatic amines is 1. The highest BCUT2D eigenvalue weighted by Crippen LogP contribution is 2.44. The number of halogens is 2. The van der Waals surface area contributed by atoms with Gasteiger partial charge in [0, 0.05) is 23.6 Å². The summed E-state index contributed by atoms with van der Waals surface area (Å²) in [4.78, 5) is 30.4. The molecule has 1 aliphatic rings. The highest BCUT2D eigenvalue weighted by Gasteiger charge is 2.47. The second-order valence-corrected chi connectivity index (χ2v) is 7.79. The van der Waals surface area contributed by atoms with Gasteiger partial charge in [-0.2, -0.15) is 5.10 Å². The van der Waals surface area contributed by atoms with Gasteiger partial charge in [0.15, 0.2) is 5.60 Å². The lowest BCUT2D eigenvalue weighted by Gasteiger charge is -2.20. The van der Waals surface area contributed by atoms with Crippen LogP contribution < -0.4 is 10.5 Å². The first-order valence-corrected chi connectivity index (χ1v) is 9.73. The number of fused-ring (bicyclic) bond motifs is 2. The summed E-state index contributed by atoms with van der Waals surface area (Å²) in [6, 6.07) is 9.38. The first-order chi connectivity index (χ1) is 15.3. The summed E-state index contributed by atoms with van der Waals surface area (Å²) in [5.41, 5.74) is -0.293. The van der Waals surface area contributed by atoms with Crippen LogP contribution in [-0.4, -0.2) is 26.2 Å². The minimum atomic E-state index is -1.88. The molecule has 0 spiro atoms. The third-order valence-electron chi connectivity index (χ3n) is 5.58. The first-order valence-electron chi connectivity index (χ1n) is 9.73. The fraction of sp³-hybridized carbons (Fsp3) is 0.130. The number of carbonyl (C=O) groups is 1. The Bertz CT molecular complexity index is 1470. The molecule has 0 radical (unpaired) electrons. The standard InChI is InChI=1S/C23H16F2N4O3/c1-23(32)18-9-14(25)3-5-20(18)29(22(23)31)15-6-12(10-26-11-15)7-19-16-4-2-13(24)8-17(16)21(30)28-27-19/h2-6,8-11,32H,7H2,1H3,(H,28,30). The van der Waals surface area contributed by atoms with Gasteiger partial charge < -0.3 is 5.11 Å². The van der Waals surface area contributed by atoms with Gasteiger partial charge in [-0.1, -0.05) is 0 Å². The van der Waals surface area contributed by atoms with E-state index in [4.69, 9.17) is 0 Å². The van der Waals surface area contributed by atoms with Crippen molar-refractivity contribution in [3.05, 3.63) is 93.7 Å². The molecule has 7 nitrogen and oxygen atoms in total. The average Bonchev–Trinajstić information content (AvgIpc) is 2.96. The van der Waals surface area contributed by atoms with Crippen LogP contribution in [0, 0.1) is 11.6 Å². The number of amides is 1. The van der Waals surface area contributed by atoms with Gasteiger partial charge in [-0.3, -0.25) is 19.5 Å². The van der Waals surface area contributed by atoms with E-state index in [2.05, 4.69) is 15.2 Å². The molecule has 1 amide bonds. The van der Waals surface area contributed by atoms with Gasteiger partial charge in [0.25, 0.3) is 11.5 Å². The molecule has 2 aromatic carbocycles. The normalized spacial score (nSPS) is 17.8. The summed E-state index contributed by atoms with van der Waals surface area (Å²) < 4.78 is 27.3. The van der Waals surface area contributed by atoms with E-state index in [1.54, 1.807) is 12.3 Å². The molecule has 1 unspecified atom stereocenters. The number of benzene rings is 2. The number of aromatic nitrogens is 3. The zero-order valence-corrected chi connectivity index (χ0v) is 16.8. The number of pyridine rings is 1.